The molecule has 0 aliphatic heterocycles. The maximum atomic E-state index is 11.1. The second-order valence-corrected chi connectivity index (χ2v) is 6.75. The highest BCUT2D eigenvalue weighted by atomic mass is 16.5. The molecular weight excluding hydrogens is 380 g/mol. The van der Waals surface area contributed by atoms with E-state index in [1.807, 2.05) is 41.0 Å². The van der Waals surface area contributed by atoms with Crippen LogP contribution in [0.3, 0.4) is 0 Å². The second-order valence-electron chi connectivity index (χ2n) is 6.75. The fraction of sp³-hybridized carbons (Fsp3) is 0.0909. The second kappa shape index (κ2) is 7.67. The molecule has 0 atom stereocenters. The molecule has 0 unspecified atom stereocenters. The van der Waals surface area contributed by atoms with Crippen molar-refractivity contribution in [2.75, 3.05) is 5.73 Å². The lowest BCUT2D eigenvalue weighted by Gasteiger charge is -2.11. The minimum Gasteiger partial charge on any atom is -0.461 e. The van der Waals surface area contributed by atoms with Gasteiger partial charge in [-0.2, -0.15) is 0 Å². The van der Waals surface area contributed by atoms with Crippen LogP contribution in [0, 0.1) is 0 Å². The molecule has 4 aromatic rings. The van der Waals surface area contributed by atoms with Gasteiger partial charge < -0.3 is 16.2 Å². The van der Waals surface area contributed by atoms with E-state index in [1.165, 1.54) is 6.92 Å². The van der Waals surface area contributed by atoms with Gasteiger partial charge in [0.25, 0.3) is 0 Å². The number of pyridine rings is 2. The zero-order chi connectivity index (χ0) is 21.3. The number of rotatable bonds is 5. The Labute approximate surface area is 172 Å². The molecule has 3 heterocycles. The molecule has 0 radical (unpaired) electrons. The molecule has 0 saturated heterocycles. The minimum atomic E-state index is -0.324. The number of aromatic nitrogens is 4. The van der Waals surface area contributed by atoms with E-state index in [2.05, 4.69) is 16.5 Å². The number of nitrogens with two attached hydrogens (primary N) is 2. The van der Waals surface area contributed by atoms with Crippen LogP contribution >= 0.6 is 0 Å². The molecule has 0 aliphatic rings. The quantitative estimate of drug-likeness (QED) is 0.494. The first-order valence-electron chi connectivity index (χ1n) is 9.21. The number of nitrogen functional groups attached to an aromatic ring is 1. The molecule has 4 N–H and O–H groups in total. The number of anilines is 1. The zero-order valence-corrected chi connectivity index (χ0v) is 16.4. The van der Waals surface area contributed by atoms with Crippen LogP contribution in [0.4, 0.5) is 5.82 Å². The normalized spacial score (nSPS) is 10.8. The maximum Gasteiger partial charge on any atom is 0.302 e. The minimum absolute atomic E-state index is 0.211. The molecule has 4 rings (SSSR count). The van der Waals surface area contributed by atoms with Gasteiger partial charge in [0.15, 0.2) is 11.5 Å². The Balaban J connectivity index is 1.88. The highest BCUT2D eigenvalue weighted by molar-refractivity contribution is 5.84. The Kier molecular flexibility index (Phi) is 4.89. The highest BCUT2D eigenvalue weighted by Gasteiger charge is 2.18. The Morgan fingerprint density at radius 2 is 1.97 bits per heavy atom. The first kappa shape index (κ1) is 19.1. The van der Waals surface area contributed by atoms with Crippen molar-refractivity contribution in [1.29, 1.82) is 0 Å². The number of hydrogen-bond donors (Lipinski definition) is 2. The first-order chi connectivity index (χ1) is 14.4. The van der Waals surface area contributed by atoms with E-state index in [-0.39, 0.29) is 12.6 Å². The topological polar surface area (TPSA) is 122 Å². The first-order valence-corrected chi connectivity index (χ1v) is 9.21. The Hall–Kier alpha value is -4.20. The number of ether oxygens (including phenoxy) is 1. The van der Waals surface area contributed by atoms with Crippen molar-refractivity contribution in [2.45, 2.75) is 13.5 Å². The van der Waals surface area contributed by atoms with Gasteiger partial charge in [-0.25, -0.2) is 15.0 Å². The molecule has 0 spiro atoms. The highest BCUT2D eigenvalue weighted by Crippen LogP contribution is 2.30. The van der Waals surface area contributed by atoms with Gasteiger partial charge in [0.05, 0.1) is 5.56 Å². The number of nitrogens with zero attached hydrogens (tertiary/aromatic N) is 4. The van der Waals surface area contributed by atoms with Crippen LogP contribution in [0.25, 0.3) is 33.9 Å². The van der Waals surface area contributed by atoms with Gasteiger partial charge in [0.2, 0.25) is 0 Å². The van der Waals surface area contributed by atoms with Crippen molar-refractivity contribution < 1.29 is 9.53 Å². The van der Waals surface area contributed by atoms with E-state index in [0.29, 0.717) is 39.6 Å². The molecule has 0 fully saturated rings. The van der Waals surface area contributed by atoms with Gasteiger partial charge in [-0.3, -0.25) is 9.36 Å². The maximum absolute atomic E-state index is 11.1. The van der Waals surface area contributed by atoms with E-state index in [1.54, 1.807) is 18.5 Å². The Bertz CT molecular complexity index is 1260. The summed E-state index contributed by atoms with van der Waals surface area (Å²) in [4.78, 5) is 24.6. The van der Waals surface area contributed by atoms with Gasteiger partial charge >= 0.3 is 5.97 Å². The number of carbonyl (C=O) groups excluding carboxylic acids is 1. The van der Waals surface area contributed by atoms with Crippen molar-refractivity contribution in [3.63, 3.8) is 0 Å². The lowest BCUT2D eigenvalue weighted by atomic mass is 10.2. The van der Waals surface area contributed by atoms with Crippen molar-refractivity contribution in [1.82, 2.24) is 19.5 Å². The molecule has 0 saturated carbocycles. The average molecular weight is 400 g/mol. The van der Waals surface area contributed by atoms with Crippen molar-refractivity contribution in [3.05, 3.63) is 72.6 Å². The number of imidazole rings is 1. The Morgan fingerprint density at radius 1 is 1.20 bits per heavy atom. The van der Waals surface area contributed by atoms with Crippen LogP contribution < -0.4 is 11.5 Å². The van der Waals surface area contributed by atoms with E-state index in [9.17, 15) is 4.79 Å². The fourth-order valence-corrected chi connectivity index (χ4v) is 3.10. The van der Waals surface area contributed by atoms with Crippen LogP contribution in [0.15, 0.2) is 61.4 Å². The number of esters is 1. The molecule has 3 aromatic heterocycles. The van der Waals surface area contributed by atoms with E-state index in [0.717, 1.165) is 11.3 Å². The third kappa shape index (κ3) is 3.58. The number of hydrogen-bond acceptors (Lipinski definition) is 7. The van der Waals surface area contributed by atoms with Gasteiger partial charge in [0, 0.05) is 36.3 Å². The standard InChI is InChI=1S/C22H20N6O2/c1-13(23)16-10-19-22(26-11-16)28(21(27-19)18-4-3-9-25-20(18)24)17-7-5-15(6-8-17)12-30-14(2)29/h3-11H,1,12,23H2,2H3,(H2,24,25). The number of fused-ring (bicyclic) bond motifs is 1. The molecule has 0 amide bonds. The third-order valence-electron chi connectivity index (χ3n) is 4.58. The van der Waals surface area contributed by atoms with Gasteiger partial charge in [-0.15, -0.1) is 0 Å². The summed E-state index contributed by atoms with van der Waals surface area (Å²) in [6, 6.07) is 13.1. The van der Waals surface area contributed by atoms with Gasteiger partial charge in [-0.05, 0) is 35.9 Å². The van der Waals surface area contributed by atoms with E-state index < -0.39 is 0 Å². The summed E-state index contributed by atoms with van der Waals surface area (Å²) >= 11 is 0. The molecule has 150 valence electrons. The lowest BCUT2D eigenvalue weighted by Crippen LogP contribution is -2.03. The summed E-state index contributed by atoms with van der Waals surface area (Å²) < 4.78 is 6.96. The number of carbonyl (C=O) groups is 1. The smallest absolute Gasteiger partial charge is 0.302 e. The predicted octanol–water partition coefficient (Wildman–Crippen LogP) is 3.06. The molecule has 0 aliphatic carbocycles. The zero-order valence-electron chi connectivity index (χ0n) is 16.4. The summed E-state index contributed by atoms with van der Waals surface area (Å²) in [5.74, 6) is 0.648. The van der Waals surface area contributed by atoms with Crippen LogP contribution in [0.5, 0.6) is 0 Å². The molecule has 1 aromatic carbocycles. The molecule has 30 heavy (non-hydrogen) atoms. The predicted molar refractivity (Wildman–Crippen MR) is 115 cm³/mol. The van der Waals surface area contributed by atoms with Gasteiger partial charge in [-0.1, -0.05) is 18.7 Å². The van der Waals surface area contributed by atoms with Crippen LogP contribution in [-0.4, -0.2) is 25.5 Å². The van der Waals surface area contributed by atoms with Crippen molar-refractivity contribution >= 4 is 28.6 Å². The third-order valence-corrected chi connectivity index (χ3v) is 4.58. The molecule has 8 nitrogen and oxygen atoms in total. The van der Waals surface area contributed by atoms with Crippen LogP contribution in [0.1, 0.15) is 18.1 Å². The number of benzene rings is 1. The van der Waals surface area contributed by atoms with E-state index in [4.69, 9.17) is 21.2 Å². The lowest BCUT2D eigenvalue weighted by molar-refractivity contribution is -0.142. The van der Waals surface area contributed by atoms with Crippen LogP contribution in [0.2, 0.25) is 0 Å². The molecule has 8 heteroatoms. The SMILES string of the molecule is C=C(N)c1cnc2c(c1)nc(-c1cccnc1N)n2-c1ccc(COC(C)=O)cc1. The molecule has 0 bridgehead atoms. The fourth-order valence-electron chi connectivity index (χ4n) is 3.10. The molecular formula is C22H20N6O2. The van der Waals surface area contributed by atoms with E-state index >= 15 is 0 Å². The summed E-state index contributed by atoms with van der Waals surface area (Å²) in [6.45, 7) is 5.36. The van der Waals surface area contributed by atoms with Crippen molar-refractivity contribution in [3.8, 4) is 17.1 Å². The largest absolute Gasteiger partial charge is 0.461 e. The average Bonchev–Trinajstić information content (AvgIpc) is 3.11. The summed E-state index contributed by atoms with van der Waals surface area (Å²) in [5, 5.41) is 0. The Morgan fingerprint density at radius 3 is 2.63 bits per heavy atom. The van der Waals surface area contributed by atoms with Crippen LogP contribution in [-0.2, 0) is 16.1 Å². The van der Waals surface area contributed by atoms with Gasteiger partial charge in [0.1, 0.15) is 17.9 Å². The van der Waals surface area contributed by atoms with Crippen molar-refractivity contribution in [2.24, 2.45) is 5.73 Å². The summed E-state index contributed by atoms with van der Waals surface area (Å²) in [6.07, 6.45) is 3.29. The summed E-state index contributed by atoms with van der Waals surface area (Å²) in [5.41, 5.74) is 16.8. The summed E-state index contributed by atoms with van der Waals surface area (Å²) in [7, 11) is 0. The monoisotopic (exact) mass is 400 g/mol.